The van der Waals surface area contributed by atoms with Crippen LogP contribution in [0.3, 0.4) is 0 Å². The Balaban J connectivity index is 0. The molecule has 0 radical (unpaired) electrons. The number of hydrogen-bond donors (Lipinski definition) is 0. The van der Waals surface area contributed by atoms with Crippen LogP contribution in [0.25, 0.3) is 0 Å². The molecule has 102 valence electrons. The largest absolute Gasteiger partial charge is 0.300 e. The van der Waals surface area contributed by atoms with Crippen LogP contribution in [0.1, 0.15) is 73.6 Å². The Labute approximate surface area is 107 Å². The maximum Gasteiger partial charge on any atom is 0.133 e. The summed E-state index contributed by atoms with van der Waals surface area (Å²) in [7, 11) is 0. The summed E-state index contributed by atoms with van der Waals surface area (Å²) in [5.74, 6) is 1.82. The Kier molecular flexibility index (Phi) is 13.0. The molecule has 1 unspecified atom stereocenters. The third kappa shape index (κ3) is 17.9. The fourth-order valence-corrected chi connectivity index (χ4v) is 1.47. The molecule has 0 aliphatic rings. The van der Waals surface area contributed by atoms with Crippen molar-refractivity contribution >= 4 is 11.6 Å². The second kappa shape index (κ2) is 11.8. The van der Waals surface area contributed by atoms with Crippen LogP contribution in [-0.2, 0) is 9.59 Å². The van der Waals surface area contributed by atoms with Gasteiger partial charge in [0.1, 0.15) is 11.6 Å². The highest BCUT2D eigenvalue weighted by atomic mass is 16.1. The lowest BCUT2D eigenvalue weighted by molar-refractivity contribution is -0.120. The van der Waals surface area contributed by atoms with E-state index in [0.717, 1.165) is 32.1 Å². The monoisotopic (exact) mass is 242 g/mol. The molecule has 0 amide bonds. The van der Waals surface area contributed by atoms with E-state index in [1.807, 2.05) is 6.92 Å². The van der Waals surface area contributed by atoms with Crippen LogP contribution in [0.15, 0.2) is 0 Å². The van der Waals surface area contributed by atoms with Gasteiger partial charge < -0.3 is 4.79 Å². The standard InChI is InChI=1S/C8H16O.C7H14O/c1-4-5-8(9)6-7(2)3;1-4-6(2)5-7(3)8/h7H,4-6H2,1-3H3;6H,4-5H2,1-3H3. The van der Waals surface area contributed by atoms with E-state index in [2.05, 4.69) is 27.7 Å². The quantitative estimate of drug-likeness (QED) is 0.662. The maximum absolute atomic E-state index is 10.9. The lowest BCUT2D eigenvalue weighted by Crippen LogP contribution is -2.01. The zero-order valence-electron chi connectivity index (χ0n) is 12.5. The Morgan fingerprint density at radius 2 is 1.53 bits per heavy atom. The van der Waals surface area contributed by atoms with Crippen molar-refractivity contribution in [2.24, 2.45) is 11.8 Å². The van der Waals surface area contributed by atoms with Crippen LogP contribution >= 0.6 is 0 Å². The number of rotatable bonds is 7. The molecule has 0 heterocycles. The third-order valence-electron chi connectivity index (χ3n) is 2.50. The molecule has 2 nitrogen and oxygen atoms in total. The summed E-state index contributed by atoms with van der Waals surface area (Å²) in [5.41, 5.74) is 0. The number of hydrogen-bond acceptors (Lipinski definition) is 2. The minimum atomic E-state index is 0.305. The first-order chi connectivity index (χ1) is 7.83. The van der Waals surface area contributed by atoms with Crippen molar-refractivity contribution in [1.82, 2.24) is 0 Å². The Bertz CT molecular complexity index is 207. The normalized spacial score (nSPS) is 11.7. The molecule has 0 rings (SSSR count). The van der Waals surface area contributed by atoms with Gasteiger partial charge >= 0.3 is 0 Å². The van der Waals surface area contributed by atoms with Gasteiger partial charge in [0.2, 0.25) is 0 Å². The summed E-state index contributed by atoms with van der Waals surface area (Å²) in [6, 6.07) is 0. The topological polar surface area (TPSA) is 34.1 Å². The summed E-state index contributed by atoms with van der Waals surface area (Å²) < 4.78 is 0. The fourth-order valence-electron chi connectivity index (χ4n) is 1.47. The highest BCUT2D eigenvalue weighted by molar-refractivity contribution is 5.78. The zero-order chi connectivity index (χ0) is 13.8. The molecule has 0 aromatic heterocycles. The van der Waals surface area contributed by atoms with Crippen molar-refractivity contribution in [2.75, 3.05) is 0 Å². The molecular formula is C15H30O2. The van der Waals surface area contributed by atoms with Gasteiger partial charge in [-0.2, -0.15) is 0 Å². The third-order valence-corrected chi connectivity index (χ3v) is 2.50. The van der Waals surface area contributed by atoms with Gasteiger partial charge in [-0.15, -0.1) is 0 Å². The number of ketones is 2. The van der Waals surface area contributed by atoms with E-state index in [-0.39, 0.29) is 0 Å². The summed E-state index contributed by atoms with van der Waals surface area (Å²) in [5, 5.41) is 0. The van der Waals surface area contributed by atoms with Crippen LogP contribution < -0.4 is 0 Å². The molecule has 0 aromatic rings. The molecular weight excluding hydrogens is 212 g/mol. The molecule has 0 aliphatic carbocycles. The van der Waals surface area contributed by atoms with Crippen molar-refractivity contribution in [3.63, 3.8) is 0 Å². The lowest BCUT2D eigenvalue weighted by atomic mass is 10.0. The molecule has 0 saturated heterocycles. The van der Waals surface area contributed by atoms with E-state index >= 15 is 0 Å². The predicted molar refractivity (Wildman–Crippen MR) is 74.1 cm³/mol. The molecule has 0 aromatic carbocycles. The lowest BCUT2D eigenvalue weighted by Gasteiger charge is -2.01. The average Bonchev–Trinajstić information content (AvgIpc) is 2.16. The highest BCUT2D eigenvalue weighted by Crippen LogP contribution is 2.05. The SMILES string of the molecule is CCC(C)CC(C)=O.CCCC(=O)CC(C)C. The summed E-state index contributed by atoms with van der Waals surface area (Å²) in [4.78, 5) is 21.3. The van der Waals surface area contributed by atoms with Crippen LogP contribution in [0.2, 0.25) is 0 Å². The van der Waals surface area contributed by atoms with E-state index < -0.39 is 0 Å². The average molecular weight is 242 g/mol. The summed E-state index contributed by atoms with van der Waals surface area (Å²) in [6.07, 6.45) is 4.37. The van der Waals surface area contributed by atoms with Crippen molar-refractivity contribution < 1.29 is 9.59 Å². The van der Waals surface area contributed by atoms with Gasteiger partial charge in [-0.1, -0.05) is 41.0 Å². The van der Waals surface area contributed by atoms with Crippen molar-refractivity contribution in [2.45, 2.75) is 73.6 Å². The molecule has 0 saturated carbocycles. The van der Waals surface area contributed by atoms with Gasteiger partial charge in [0.25, 0.3) is 0 Å². The minimum Gasteiger partial charge on any atom is -0.300 e. The molecule has 0 bridgehead atoms. The van der Waals surface area contributed by atoms with Gasteiger partial charge in [0, 0.05) is 19.3 Å². The summed E-state index contributed by atoms with van der Waals surface area (Å²) in [6.45, 7) is 12.0. The van der Waals surface area contributed by atoms with E-state index in [1.165, 1.54) is 0 Å². The minimum absolute atomic E-state index is 0.305. The predicted octanol–water partition coefficient (Wildman–Crippen LogP) is 4.41. The van der Waals surface area contributed by atoms with Crippen molar-refractivity contribution in [3.05, 3.63) is 0 Å². The molecule has 0 fully saturated rings. The van der Waals surface area contributed by atoms with Gasteiger partial charge in [0.05, 0.1) is 0 Å². The second-order valence-electron chi connectivity index (χ2n) is 5.31. The molecule has 0 aliphatic heterocycles. The number of carbonyl (C=O) groups excluding carboxylic acids is 2. The second-order valence-corrected chi connectivity index (χ2v) is 5.31. The van der Waals surface area contributed by atoms with Crippen molar-refractivity contribution in [3.8, 4) is 0 Å². The van der Waals surface area contributed by atoms with E-state index in [0.29, 0.717) is 23.4 Å². The van der Waals surface area contributed by atoms with Crippen LogP contribution in [-0.4, -0.2) is 11.6 Å². The Morgan fingerprint density at radius 3 is 1.76 bits per heavy atom. The van der Waals surface area contributed by atoms with Crippen LogP contribution in [0.5, 0.6) is 0 Å². The first kappa shape index (κ1) is 18.7. The molecule has 0 spiro atoms. The first-order valence-corrected chi connectivity index (χ1v) is 6.84. The first-order valence-electron chi connectivity index (χ1n) is 6.84. The molecule has 17 heavy (non-hydrogen) atoms. The fraction of sp³-hybridized carbons (Fsp3) is 0.867. The van der Waals surface area contributed by atoms with Gasteiger partial charge in [-0.3, -0.25) is 4.79 Å². The van der Waals surface area contributed by atoms with E-state index in [9.17, 15) is 9.59 Å². The van der Waals surface area contributed by atoms with Crippen LogP contribution in [0.4, 0.5) is 0 Å². The van der Waals surface area contributed by atoms with Gasteiger partial charge in [-0.05, 0) is 25.2 Å². The van der Waals surface area contributed by atoms with E-state index in [4.69, 9.17) is 0 Å². The van der Waals surface area contributed by atoms with Crippen molar-refractivity contribution in [1.29, 1.82) is 0 Å². The van der Waals surface area contributed by atoms with Gasteiger partial charge in [0.15, 0.2) is 0 Å². The zero-order valence-corrected chi connectivity index (χ0v) is 12.5. The molecule has 2 heteroatoms. The van der Waals surface area contributed by atoms with E-state index in [1.54, 1.807) is 6.92 Å². The summed E-state index contributed by atoms with van der Waals surface area (Å²) >= 11 is 0. The molecule has 0 N–H and O–H groups in total. The maximum atomic E-state index is 10.9. The van der Waals surface area contributed by atoms with Crippen LogP contribution in [0, 0.1) is 11.8 Å². The Hall–Kier alpha value is -0.660. The molecule has 1 atom stereocenters. The van der Waals surface area contributed by atoms with Gasteiger partial charge in [-0.25, -0.2) is 0 Å². The Morgan fingerprint density at radius 1 is 1.00 bits per heavy atom. The highest BCUT2D eigenvalue weighted by Gasteiger charge is 2.02. The smallest absolute Gasteiger partial charge is 0.133 e. The number of carbonyl (C=O) groups is 2. The number of Topliss-reactive ketones (excluding diaryl/α,β-unsaturated/α-hetero) is 2.